The predicted molar refractivity (Wildman–Crippen MR) is 89.2 cm³/mol. The molecule has 0 aliphatic rings. The number of benzene rings is 2. The molecule has 0 aliphatic carbocycles. The average Bonchev–Trinajstić information content (AvgIpc) is 2.81. The summed E-state index contributed by atoms with van der Waals surface area (Å²) in [5.74, 6) is 0. The highest BCUT2D eigenvalue weighted by molar-refractivity contribution is 9.10. The lowest BCUT2D eigenvalue weighted by molar-refractivity contribution is 1.14. The van der Waals surface area contributed by atoms with Crippen molar-refractivity contribution in [1.29, 1.82) is 0 Å². The van der Waals surface area contributed by atoms with Gasteiger partial charge in [-0.1, -0.05) is 34.1 Å². The molecule has 2 aromatic carbocycles. The molecule has 0 aliphatic heterocycles. The van der Waals surface area contributed by atoms with Crippen molar-refractivity contribution in [2.45, 2.75) is 20.4 Å². The summed E-state index contributed by atoms with van der Waals surface area (Å²) in [6.07, 6.45) is 2.08. The molecular weight excluding hydrogens is 312 g/mol. The number of H-pyrrole nitrogens is 1. The van der Waals surface area contributed by atoms with E-state index < -0.39 is 0 Å². The lowest BCUT2D eigenvalue weighted by atomic mass is 10.1. The van der Waals surface area contributed by atoms with Gasteiger partial charge in [-0.05, 0) is 48.7 Å². The smallest absolute Gasteiger partial charge is 0.0457 e. The predicted octanol–water partition coefficient (Wildman–Crippen LogP) is 5.16. The molecule has 102 valence electrons. The van der Waals surface area contributed by atoms with E-state index in [9.17, 15) is 0 Å². The van der Waals surface area contributed by atoms with E-state index in [-0.39, 0.29) is 0 Å². The van der Waals surface area contributed by atoms with Crippen molar-refractivity contribution in [2.75, 3.05) is 5.32 Å². The summed E-state index contributed by atoms with van der Waals surface area (Å²) in [4.78, 5) is 3.32. The number of aryl methyl sites for hydroxylation is 2. The Hall–Kier alpha value is -1.74. The molecule has 2 N–H and O–H groups in total. The third-order valence-corrected chi connectivity index (χ3v) is 4.09. The number of aromatic nitrogens is 1. The highest BCUT2D eigenvalue weighted by Gasteiger charge is 2.06. The van der Waals surface area contributed by atoms with Crippen LogP contribution in [0, 0.1) is 13.8 Å². The van der Waals surface area contributed by atoms with Crippen molar-refractivity contribution in [3.05, 3.63) is 63.8 Å². The van der Waals surface area contributed by atoms with Crippen molar-refractivity contribution >= 4 is 32.5 Å². The number of fused-ring (bicyclic) bond motifs is 1. The van der Waals surface area contributed by atoms with Crippen LogP contribution in [0.2, 0.25) is 0 Å². The van der Waals surface area contributed by atoms with Gasteiger partial charge in [-0.15, -0.1) is 0 Å². The maximum Gasteiger partial charge on any atom is 0.0457 e. The van der Waals surface area contributed by atoms with Gasteiger partial charge in [-0.2, -0.15) is 0 Å². The minimum Gasteiger partial charge on any atom is -0.380 e. The monoisotopic (exact) mass is 328 g/mol. The van der Waals surface area contributed by atoms with E-state index in [0.29, 0.717) is 0 Å². The second-order valence-corrected chi connectivity index (χ2v) is 6.04. The van der Waals surface area contributed by atoms with Crippen LogP contribution in [0.15, 0.2) is 47.1 Å². The summed E-state index contributed by atoms with van der Waals surface area (Å²) in [6.45, 7) is 5.10. The maximum absolute atomic E-state index is 3.56. The zero-order chi connectivity index (χ0) is 14.1. The Bertz CT molecular complexity index is 736. The Morgan fingerprint density at radius 1 is 1.10 bits per heavy atom. The van der Waals surface area contributed by atoms with E-state index >= 15 is 0 Å². The van der Waals surface area contributed by atoms with E-state index in [4.69, 9.17) is 0 Å². The van der Waals surface area contributed by atoms with Crippen LogP contribution in [0.4, 0.5) is 5.69 Å². The number of hydrogen-bond donors (Lipinski definition) is 2. The van der Waals surface area contributed by atoms with Crippen LogP contribution in [0.1, 0.15) is 16.7 Å². The topological polar surface area (TPSA) is 27.8 Å². The number of nitrogens with one attached hydrogen (secondary N) is 2. The SMILES string of the molecule is Cc1cc(Br)cc(C)c1NCc1c[nH]c2ccccc12. The van der Waals surface area contributed by atoms with Gasteiger partial charge in [0.2, 0.25) is 0 Å². The second kappa shape index (κ2) is 5.33. The van der Waals surface area contributed by atoms with Gasteiger partial charge in [0.25, 0.3) is 0 Å². The molecule has 20 heavy (non-hydrogen) atoms. The van der Waals surface area contributed by atoms with Gasteiger partial charge < -0.3 is 10.3 Å². The Morgan fingerprint density at radius 3 is 2.55 bits per heavy atom. The summed E-state index contributed by atoms with van der Waals surface area (Å²) in [5.41, 5.74) is 6.22. The molecule has 0 saturated heterocycles. The van der Waals surface area contributed by atoms with E-state index in [1.54, 1.807) is 0 Å². The first-order valence-corrected chi connectivity index (χ1v) is 7.50. The van der Waals surface area contributed by atoms with Crippen LogP contribution in [0.25, 0.3) is 10.9 Å². The molecule has 0 atom stereocenters. The van der Waals surface area contributed by atoms with Crippen molar-refractivity contribution in [2.24, 2.45) is 0 Å². The lowest BCUT2D eigenvalue weighted by Crippen LogP contribution is -2.02. The van der Waals surface area contributed by atoms with Gasteiger partial charge in [0, 0.05) is 33.8 Å². The summed E-state index contributed by atoms with van der Waals surface area (Å²) < 4.78 is 1.13. The first kappa shape index (κ1) is 13.3. The molecule has 3 heteroatoms. The summed E-state index contributed by atoms with van der Waals surface area (Å²) >= 11 is 3.54. The van der Waals surface area contributed by atoms with E-state index in [2.05, 4.69) is 82.7 Å². The number of hydrogen-bond acceptors (Lipinski definition) is 1. The molecular formula is C17H17BrN2. The van der Waals surface area contributed by atoms with Gasteiger partial charge in [0.15, 0.2) is 0 Å². The fraction of sp³-hybridized carbons (Fsp3) is 0.176. The molecule has 3 rings (SSSR count). The highest BCUT2D eigenvalue weighted by Crippen LogP contribution is 2.26. The Morgan fingerprint density at radius 2 is 1.80 bits per heavy atom. The number of halogens is 1. The zero-order valence-corrected chi connectivity index (χ0v) is 13.2. The van der Waals surface area contributed by atoms with Gasteiger partial charge in [-0.25, -0.2) is 0 Å². The summed E-state index contributed by atoms with van der Waals surface area (Å²) in [6, 6.07) is 12.7. The molecule has 0 radical (unpaired) electrons. The van der Waals surface area contributed by atoms with Crippen molar-refractivity contribution in [3.8, 4) is 0 Å². The molecule has 0 bridgehead atoms. The average molecular weight is 329 g/mol. The van der Waals surface area contributed by atoms with E-state index in [0.717, 1.165) is 11.0 Å². The fourth-order valence-electron chi connectivity index (χ4n) is 2.65. The Kier molecular flexibility index (Phi) is 3.53. The largest absolute Gasteiger partial charge is 0.380 e. The van der Waals surface area contributed by atoms with Crippen molar-refractivity contribution in [3.63, 3.8) is 0 Å². The van der Waals surface area contributed by atoms with Gasteiger partial charge in [0.1, 0.15) is 0 Å². The van der Waals surface area contributed by atoms with Crippen LogP contribution in [0.3, 0.4) is 0 Å². The third-order valence-electron chi connectivity index (χ3n) is 3.63. The fourth-order valence-corrected chi connectivity index (χ4v) is 3.34. The summed E-state index contributed by atoms with van der Waals surface area (Å²) in [7, 11) is 0. The molecule has 0 unspecified atom stereocenters. The van der Waals surface area contributed by atoms with Crippen LogP contribution >= 0.6 is 15.9 Å². The molecule has 2 nitrogen and oxygen atoms in total. The number of rotatable bonds is 3. The van der Waals surface area contributed by atoms with Crippen molar-refractivity contribution in [1.82, 2.24) is 4.98 Å². The molecule has 0 saturated carbocycles. The lowest BCUT2D eigenvalue weighted by Gasteiger charge is -2.13. The standard InChI is InChI=1S/C17H17BrN2/c1-11-7-14(18)8-12(2)17(11)20-10-13-9-19-16-6-4-3-5-15(13)16/h3-9,19-20H,10H2,1-2H3. The van der Waals surface area contributed by atoms with Crippen LogP contribution < -0.4 is 5.32 Å². The molecule has 3 aromatic rings. The highest BCUT2D eigenvalue weighted by atomic mass is 79.9. The number of anilines is 1. The maximum atomic E-state index is 3.56. The van der Waals surface area contributed by atoms with Crippen LogP contribution in [0.5, 0.6) is 0 Å². The first-order chi connectivity index (χ1) is 9.65. The van der Waals surface area contributed by atoms with Gasteiger partial charge in [0.05, 0.1) is 0 Å². The van der Waals surface area contributed by atoms with Gasteiger partial charge >= 0.3 is 0 Å². The van der Waals surface area contributed by atoms with Crippen molar-refractivity contribution < 1.29 is 0 Å². The molecule has 0 spiro atoms. The van der Waals surface area contributed by atoms with E-state index in [1.165, 1.54) is 33.3 Å². The van der Waals surface area contributed by atoms with Crippen LogP contribution in [-0.4, -0.2) is 4.98 Å². The number of para-hydroxylation sites is 1. The zero-order valence-electron chi connectivity index (χ0n) is 11.6. The molecule has 1 heterocycles. The second-order valence-electron chi connectivity index (χ2n) is 5.13. The Labute approximate surface area is 127 Å². The molecule has 0 amide bonds. The van der Waals surface area contributed by atoms with Gasteiger partial charge in [-0.3, -0.25) is 0 Å². The third kappa shape index (κ3) is 2.46. The minimum absolute atomic E-state index is 0.827. The number of aromatic amines is 1. The molecule has 1 aromatic heterocycles. The van der Waals surface area contributed by atoms with Crippen LogP contribution in [-0.2, 0) is 6.54 Å². The van der Waals surface area contributed by atoms with E-state index in [1.807, 2.05) is 0 Å². The minimum atomic E-state index is 0.827. The summed E-state index contributed by atoms with van der Waals surface area (Å²) in [5, 5.41) is 4.85. The normalized spacial score (nSPS) is 10.9. The Balaban J connectivity index is 1.87. The first-order valence-electron chi connectivity index (χ1n) is 6.71. The molecule has 0 fully saturated rings. The quantitative estimate of drug-likeness (QED) is 0.682.